The van der Waals surface area contributed by atoms with E-state index in [1.165, 1.54) is 6.42 Å². The van der Waals surface area contributed by atoms with E-state index in [2.05, 4.69) is 6.92 Å². The first-order valence-corrected chi connectivity index (χ1v) is 6.40. The largest absolute Gasteiger partial charge is 0.418 e. The molecule has 1 N–H and O–H groups in total. The van der Waals surface area contributed by atoms with Crippen molar-refractivity contribution in [3.63, 3.8) is 0 Å². The van der Waals surface area contributed by atoms with Crippen LogP contribution in [0.2, 0.25) is 0 Å². The van der Waals surface area contributed by atoms with Gasteiger partial charge in [0.2, 0.25) is 0 Å². The molecular weight excluding hydrogens is 231 g/mol. The van der Waals surface area contributed by atoms with E-state index in [4.69, 9.17) is 0 Å². The first-order valence-electron chi connectivity index (χ1n) is 6.40. The predicted molar refractivity (Wildman–Crippen MR) is 60.8 cm³/mol. The molecule has 102 valence electrons. The summed E-state index contributed by atoms with van der Waals surface area (Å²) >= 11 is 0. The van der Waals surface area contributed by atoms with Crippen molar-refractivity contribution < 1.29 is 18.3 Å². The fourth-order valence-corrected chi connectivity index (χ4v) is 2.23. The molecule has 0 aromatic rings. The number of alkyl halides is 3. The number of aliphatic hydroxyl groups is 1. The molecule has 1 heterocycles. The van der Waals surface area contributed by atoms with Gasteiger partial charge in [-0.15, -0.1) is 0 Å². The summed E-state index contributed by atoms with van der Waals surface area (Å²) in [6, 6.07) is 0. The molecule has 1 fully saturated rings. The minimum atomic E-state index is -4.50. The van der Waals surface area contributed by atoms with Crippen LogP contribution in [-0.2, 0) is 0 Å². The summed E-state index contributed by atoms with van der Waals surface area (Å²) in [7, 11) is 0. The number of β-amino-alcohol motifs (C(OH)–C–C–N with tert-alkyl or cyclic N) is 1. The van der Waals surface area contributed by atoms with E-state index in [0.717, 1.165) is 25.7 Å². The summed E-state index contributed by atoms with van der Waals surface area (Å²) in [5, 5.41) is 9.47. The Labute approximate surface area is 101 Å². The van der Waals surface area contributed by atoms with E-state index in [9.17, 15) is 18.3 Å². The molecule has 0 bridgehead atoms. The molecule has 0 aliphatic carbocycles. The number of hydrogen-bond acceptors (Lipinski definition) is 2. The second-order valence-electron chi connectivity index (χ2n) is 4.97. The topological polar surface area (TPSA) is 23.5 Å². The molecule has 0 radical (unpaired) electrons. The van der Waals surface area contributed by atoms with Crippen molar-refractivity contribution in [2.45, 2.75) is 57.2 Å². The van der Waals surface area contributed by atoms with E-state index < -0.39 is 11.8 Å². The van der Waals surface area contributed by atoms with Gasteiger partial charge in [-0.05, 0) is 19.4 Å². The van der Waals surface area contributed by atoms with Gasteiger partial charge >= 0.3 is 6.18 Å². The molecular formula is C12H22F3NO. The highest BCUT2D eigenvalue weighted by Crippen LogP contribution is 2.37. The third kappa shape index (κ3) is 4.14. The van der Waals surface area contributed by atoms with Gasteiger partial charge in [0.1, 0.15) is 0 Å². The maximum absolute atomic E-state index is 12.5. The van der Waals surface area contributed by atoms with Crippen LogP contribution >= 0.6 is 0 Å². The average Bonchev–Trinajstić information content (AvgIpc) is 2.61. The first-order chi connectivity index (χ1) is 7.89. The summed E-state index contributed by atoms with van der Waals surface area (Å²) in [5.41, 5.74) is -2.48. The van der Waals surface area contributed by atoms with Gasteiger partial charge in [-0.3, -0.25) is 0 Å². The molecule has 1 rings (SSSR count). The van der Waals surface area contributed by atoms with Gasteiger partial charge < -0.3 is 10.0 Å². The SMILES string of the molecule is CCCCCCCN1CCC(O)(C(F)(F)F)C1. The lowest BCUT2D eigenvalue weighted by Crippen LogP contribution is -2.47. The summed E-state index contributed by atoms with van der Waals surface area (Å²) < 4.78 is 37.6. The molecule has 0 aromatic heterocycles. The molecule has 1 aliphatic rings. The normalized spacial score (nSPS) is 26.6. The van der Waals surface area contributed by atoms with Crippen molar-refractivity contribution in [3.8, 4) is 0 Å². The Morgan fingerprint density at radius 1 is 1.18 bits per heavy atom. The molecule has 0 amide bonds. The molecule has 17 heavy (non-hydrogen) atoms. The third-order valence-electron chi connectivity index (χ3n) is 3.43. The number of rotatable bonds is 6. The van der Waals surface area contributed by atoms with Crippen LogP contribution in [0.1, 0.15) is 45.4 Å². The van der Waals surface area contributed by atoms with Crippen molar-refractivity contribution in [3.05, 3.63) is 0 Å². The lowest BCUT2D eigenvalue weighted by atomic mass is 10.0. The van der Waals surface area contributed by atoms with E-state index >= 15 is 0 Å². The first kappa shape index (κ1) is 14.8. The Hall–Kier alpha value is -0.290. The number of likely N-dealkylation sites (tertiary alicyclic amines) is 1. The molecule has 1 saturated heterocycles. The van der Waals surface area contributed by atoms with Crippen LogP contribution in [0.4, 0.5) is 13.2 Å². The number of nitrogens with zero attached hydrogens (tertiary/aromatic N) is 1. The van der Waals surface area contributed by atoms with E-state index in [0.29, 0.717) is 13.1 Å². The van der Waals surface area contributed by atoms with Crippen molar-refractivity contribution in [1.29, 1.82) is 0 Å². The van der Waals surface area contributed by atoms with Gasteiger partial charge in [0.25, 0.3) is 0 Å². The van der Waals surface area contributed by atoms with Gasteiger partial charge in [0.05, 0.1) is 0 Å². The zero-order chi connectivity index (χ0) is 12.9. The van der Waals surface area contributed by atoms with Gasteiger partial charge in [-0.1, -0.05) is 32.6 Å². The zero-order valence-corrected chi connectivity index (χ0v) is 10.4. The Morgan fingerprint density at radius 3 is 2.35 bits per heavy atom. The molecule has 0 saturated carbocycles. The Balaban J connectivity index is 2.22. The molecule has 2 nitrogen and oxygen atoms in total. The fourth-order valence-electron chi connectivity index (χ4n) is 2.23. The van der Waals surface area contributed by atoms with Gasteiger partial charge in [-0.25, -0.2) is 0 Å². The lowest BCUT2D eigenvalue weighted by Gasteiger charge is -2.26. The molecule has 1 unspecified atom stereocenters. The Kier molecular flexibility index (Phi) is 5.25. The van der Waals surface area contributed by atoms with Crippen LogP contribution in [0.5, 0.6) is 0 Å². The Bertz CT molecular complexity index is 232. The quantitative estimate of drug-likeness (QED) is 0.736. The number of unbranched alkanes of at least 4 members (excludes halogenated alkanes) is 4. The van der Waals surface area contributed by atoms with Crippen molar-refractivity contribution in [2.24, 2.45) is 0 Å². The molecule has 1 aliphatic heterocycles. The van der Waals surface area contributed by atoms with E-state index in [-0.39, 0.29) is 13.0 Å². The van der Waals surface area contributed by atoms with E-state index in [1.54, 1.807) is 4.90 Å². The summed E-state index contributed by atoms with van der Waals surface area (Å²) in [6.07, 6.45) is 0.802. The Morgan fingerprint density at radius 2 is 1.82 bits per heavy atom. The predicted octanol–water partition coefficient (Wildman–Crippen LogP) is 2.96. The van der Waals surface area contributed by atoms with Crippen LogP contribution < -0.4 is 0 Å². The smallest absolute Gasteiger partial charge is 0.379 e. The van der Waals surface area contributed by atoms with Crippen molar-refractivity contribution in [1.82, 2.24) is 4.90 Å². The average molecular weight is 253 g/mol. The van der Waals surface area contributed by atoms with Crippen molar-refractivity contribution in [2.75, 3.05) is 19.6 Å². The molecule has 0 spiro atoms. The zero-order valence-electron chi connectivity index (χ0n) is 10.4. The fraction of sp³-hybridized carbons (Fsp3) is 1.00. The summed E-state index contributed by atoms with van der Waals surface area (Å²) in [4.78, 5) is 1.72. The third-order valence-corrected chi connectivity index (χ3v) is 3.43. The minimum Gasteiger partial charge on any atom is -0.379 e. The van der Waals surface area contributed by atoms with Crippen LogP contribution in [0, 0.1) is 0 Å². The standard InChI is InChI=1S/C12H22F3NO/c1-2-3-4-5-6-8-16-9-7-11(17,10-16)12(13,14)15/h17H,2-10H2,1H3. The van der Waals surface area contributed by atoms with Gasteiger partial charge in [0, 0.05) is 13.1 Å². The van der Waals surface area contributed by atoms with Crippen LogP contribution in [-0.4, -0.2) is 41.4 Å². The summed E-state index contributed by atoms with van der Waals surface area (Å²) in [6.45, 7) is 2.89. The maximum Gasteiger partial charge on any atom is 0.418 e. The molecule has 0 aromatic carbocycles. The van der Waals surface area contributed by atoms with Gasteiger partial charge in [-0.2, -0.15) is 13.2 Å². The second-order valence-corrected chi connectivity index (χ2v) is 4.97. The van der Waals surface area contributed by atoms with Gasteiger partial charge in [0.15, 0.2) is 5.60 Å². The lowest BCUT2D eigenvalue weighted by molar-refractivity contribution is -0.253. The number of hydrogen-bond donors (Lipinski definition) is 1. The highest BCUT2D eigenvalue weighted by molar-refractivity contribution is 4.95. The van der Waals surface area contributed by atoms with Crippen molar-refractivity contribution >= 4 is 0 Å². The molecule has 5 heteroatoms. The second kappa shape index (κ2) is 6.05. The van der Waals surface area contributed by atoms with Crippen LogP contribution in [0.3, 0.4) is 0 Å². The highest BCUT2D eigenvalue weighted by Gasteiger charge is 2.56. The summed E-state index contributed by atoms with van der Waals surface area (Å²) in [5.74, 6) is 0. The van der Waals surface area contributed by atoms with E-state index in [1.807, 2.05) is 0 Å². The molecule has 1 atom stereocenters. The monoisotopic (exact) mass is 253 g/mol. The maximum atomic E-state index is 12.5. The van der Waals surface area contributed by atoms with Crippen LogP contribution in [0.15, 0.2) is 0 Å². The number of halogens is 3. The minimum absolute atomic E-state index is 0.189. The highest BCUT2D eigenvalue weighted by atomic mass is 19.4. The van der Waals surface area contributed by atoms with Crippen LogP contribution in [0.25, 0.3) is 0 Å².